The highest BCUT2D eigenvalue weighted by Gasteiger charge is 1.99. The maximum absolute atomic E-state index is 8.36. The van der Waals surface area contributed by atoms with Gasteiger partial charge in [0.15, 0.2) is 0 Å². The summed E-state index contributed by atoms with van der Waals surface area (Å²) in [6.45, 7) is -0.250. The number of hydrogen-bond donors (Lipinski definition) is 1. The molecule has 0 heterocycles. The Kier molecular flexibility index (Phi) is 6.33. The molecular weight excluding hydrogens is 280 g/mol. The predicted octanol–water partition coefficient (Wildman–Crippen LogP) is 3.97. The Hall–Kier alpha value is -1.35. The van der Waals surface area contributed by atoms with Crippen molar-refractivity contribution in [3.8, 4) is 0 Å². The smallest absolute Gasteiger partial charge is 0.290 e. The normalized spacial score (nSPS) is 13.4. The molecule has 1 aromatic carbocycles. The van der Waals surface area contributed by atoms with E-state index in [2.05, 4.69) is 58.4 Å². The summed E-state index contributed by atoms with van der Waals surface area (Å²) >= 11 is 3.49. The van der Waals surface area contributed by atoms with E-state index in [0.29, 0.717) is 0 Å². The van der Waals surface area contributed by atoms with Gasteiger partial charge in [-0.05, 0) is 42.5 Å². The standard InChI is InChI=1S/C13H13Br.CH2O2/c14-13-8-4-7-12(10-13)9-11-5-2-1-3-6-11;2-1-3/h2,4-8,10H,1,3,9H2;1H,(H,2,3). The van der Waals surface area contributed by atoms with Gasteiger partial charge in [-0.3, -0.25) is 4.79 Å². The Bertz CT molecular complexity index is 422. The van der Waals surface area contributed by atoms with E-state index in [9.17, 15) is 0 Å². The van der Waals surface area contributed by atoms with Crippen molar-refractivity contribution in [2.45, 2.75) is 19.3 Å². The minimum Gasteiger partial charge on any atom is -0.483 e. The molecule has 2 nitrogen and oxygen atoms in total. The second kappa shape index (κ2) is 7.85. The van der Waals surface area contributed by atoms with Gasteiger partial charge >= 0.3 is 0 Å². The molecule has 2 rings (SSSR count). The summed E-state index contributed by atoms with van der Waals surface area (Å²) in [7, 11) is 0. The number of halogens is 1. The molecule has 3 heteroatoms. The number of benzene rings is 1. The van der Waals surface area contributed by atoms with Gasteiger partial charge < -0.3 is 5.11 Å². The molecule has 0 aliphatic heterocycles. The molecule has 1 aromatic rings. The first-order chi connectivity index (χ1) is 8.26. The van der Waals surface area contributed by atoms with Crippen molar-refractivity contribution in [2.24, 2.45) is 0 Å². The van der Waals surface area contributed by atoms with Gasteiger partial charge in [0.05, 0.1) is 0 Å². The Morgan fingerprint density at radius 2 is 2.12 bits per heavy atom. The third kappa shape index (κ3) is 5.50. The zero-order valence-corrected chi connectivity index (χ0v) is 11.1. The lowest BCUT2D eigenvalue weighted by atomic mass is 10.00. The van der Waals surface area contributed by atoms with Gasteiger partial charge in [-0.25, -0.2) is 0 Å². The number of rotatable bonds is 2. The molecule has 0 aromatic heterocycles. The number of carbonyl (C=O) groups is 1. The van der Waals surface area contributed by atoms with Gasteiger partial charge in [0.1, 0.15) is 0 Å². The van der Waals surface area contributed by atoms with Crippen LogP contribution >= 0.6 is 15.9 Å². The van der Waals surface area contributed by atoms with Crippen molar-refractivity contribution in [3.63, 3.8) is 0 Å². The summed E-state index contributed by atoms with van der Waals surface area (Å²) in [6.07, 6.45) is 10.3. The molecule has 1 aliphatic carbocycles. The van der Waals surface area contributed by atoms with E-state index in [-0.39, 0.29) is 6.47 Å². The Balaban J connectivity index is 0.000000437. The van der Waals surface area contributed by atoms with Crippen LogP contribution in [0.5, 0.6) is 0 Å². The molecule has 0 radical (unpaired) electrons. The molecule has 17 heavy (non-hydrogen) atoms. The van der Waals surface area contributed by atoms with Gasteiger partial charge in [-0.2, -0.15) is 0 Å². The first-order valence-electron chi connectivity index (χ1n) is 5.44. The predicted molar refractivity (Wildman–Crippen MR) is 73.0 cm³/mol. The Labute approximate surface area is 110 Å². The maximum Gasteiger partial charge on any atom is 0.290 e. The average molecular weight is 295 g/mol. The van der Waals surface area contributed by atoms with Crippen LogP contribution in [-0.4, -0.2) is 11.6 Å². The highest BCUT2D eigenvalue weighted by atomic mass is 79.9. The van der Waals surface area contributed by atoms with Crippen LogP contribution in [0, 0.1) is 0 Å². The van der Waals surface area contributed by atoms with E-state index in [0.717, 1.165) is 10.9 Å². The molecule has 0 unspecified atom stereocenters. The van der Waals surface area contributed by atoms with E-state index in [1.54, 1.807) is 0 Å². The van der Waals surface area contributed by atoms with Crippen molar-refractivity contribution >= 4 is 22.4 Å². The summed E-state index contributed by atoms with van der Waals surface area (Å²) in [5.74, 6) is 0. The second-order valence-electron chi connectivity index (χ2n) is 3.67. The summed E-state index contributed by atoms with van der Waals surface area (Å²) < 4.78 is 1.16. The zero-order valence-electron chi connectivity index (χ0n) is 9.47. The molecule has 1 aliphatic rings. The van der Waals surface area contributed by atoms with Gasteiger partial charge in [0.2, 0.25) is 0 Å². The zero-order chi connectivity index (χ0) is 12.5. The Morgan fingerprint density at radius 1 is 1.35 bits per heavy atom. The topological polar surface area (TPSA) is 37.3 Å². The van der Waals surface area contributed by atoms with E-state index < -0.39 is 0 Å². The largest absolute Gasteiger partial charge is 0.483 e. The first-order valence-corrected chi connectivity index (χ1v) is 6.23. The highest BCUT2D eigenvalue weighted by molar-refractivity contribution is 9.10. The second-order valence-corrected chi connectivity index (χ2v) is 4.59. The van der Waals surface area contributed by atoms with Crippen LogP contribution in [0.1, 0.15) is 18.4 Å². The van der Waals surface area contributed by atoms with E-state index in [1.807, 2.05) is 0 Å². The van der Waals surface area contributed by atoms with Gasteiger partial charge in [-0.15, -0.1) is 0 Å². The SMILES string of the molecule is Brc1cccc(CC2=CCCC=C2)c1.O=CO. The maximum atomic E-state index is 8.36. The summed E-state index contributed by atoms with van der Waals surface area (Å²) in [5.41, 5.74) is 2.81. The van der Waals surface area contributed by atoms with E-state index >= 15 is 0 Å². The fourth-order valence-corrected chi connectivity index (χ4v) is 2.13. The summed E-state index contributed by atoms with van der Waals surface area (Å²) in [6, 6.07) is 8.51. The monoisotopic (exact) mass is 294 g/mol. The lowest BCUT2D eigenvalue weighted by Crippen LogP contribution is -1.90. The van der Waals surface area contributed by atoms with Crippen LogP contribution in [0.3, 0.4) is 0 Å². The minimum atomic E-state index is -0.250. The van der Waals surface area contributed by atoms with Gasteiger partial charge in [-0.1, -0.05) is 46.3 Å². The number of carboxylic acid groups (broad SMARTS) is 1. The van der Waals surface area contributed by atoms with Crippen molar-refractivity contribution in [1.29, 1.82) is 0 Å². The minimum absolute atomic E-state index is 0.250. The molecule has 0 fully saturated rings. The summed E-state index contributed by atoms with van der Waals surface area (Å²) in [5, 5.41) is 6.89. The molecule has 0 bridgehead atoms. The lowest BCUT2D eigenvalue weighted by molar-refractivity contribution is -0.122. The number of hydrogen-bond acceptors (Lipinski definition) is 1. The summed E-state index contributed by atoms with van der Waals surface area (Å²) in [4.78, 5) is 8.36. The molecule has 0 atom stereocenters. The van der Waals surface area contributed by atoms with Crippen LogP contribution < -0.4 is 0 Å². The molecule has 0 saturated carbocycles. The third-order valence-corrected chi connectivity index (χ3v) is 2.86. The molecular formula is C14H15BrO2. The fourth-order valence-electron chi connectivity index (χ4n) is 1.68. The van der Waals surface area contributed by atoms with Crippen molar-refractivity contribution < 1.29 is 9.90 Å². The average Bonchev–Trinajstić information content (AvgIpc) is 2.31. The molecule has 0 spiro atoms. The van der Waals surface area contributed by atoms with Gasteiger partial charge in [0, 0.05) is 4.47 Å². The Morgan fingerprint density at radius 3 is 2.71 bits per heavy atom. The third-order valence-electron chi connectivity index (χ3n) is 2.37. The van der Waals surface area contributed by atoms with Crippen LogP contribution in [0.2, 0.25) is 0 Å². The quantitative estimate of drug-likeness (QED) is 0.838. The first kappa shape index (κ1) is 13.7. The van der Waals surface area contributed by atoms with Crippen LogP contribution in [0.25, 0.3) is 0 Å². The fraction of sp³-hybridized carbons (Fsp3) is 0.214. The molecule has 1 N–H and O–H groups in total. The van der Waals surface area contributed by atoms with E-state index in [4.69, 9.17) is 9.90 Å². The van der Waals surface area contributed by atoms with Crippen molar-refractivity contribution in [1.82, 2.24) is 0 Å². The lowest BCUT2D eigenvalue weighted by Gasteiger charge is -2.07. The van der Waals surface area contributed by atoms with Crippen molar-refractivity contribution in [2.75, 3.05) is 0 Å². The van der Waals surface area contributed by atoms with Gasteiger partial charge in [0.25, 0.3) is 6.47 Å². The van der Waals surface area contributed by atoms with Crippen molar-refractivity contribution in [3.05, 3.63) is 58.1 Å². The molecule has 90 valence electrons. The van der Waals surface area contributed by atoms with E-state index in [1.165, 1.54) is 24.0 Å². The van der Waals surface area contributed by atoms with Crippen LogP contribution in [0.15, 0.2) is 52.5 Å². The highest BCUT2D eigenvalue weighted by Crippen LogP contribution is 2.18. The van der Waals surface area contributed by atoms with Crippen LogP contribution in [0.4, 0.5) is 0 Å². The number of allylic oxidation sites excluding steroid dienone is 4. The van der Waals surface area contributed by atoms with Crippen LogP contribution in [-0.2, 0) is 11.2 Å². The molecule has 0 amide bonds. The molecule has 0 saturated heterocycles.